The van der Waals surface area contributed by atoms with Crippen LogP contribution < -0.4 is 4.90 Å². The van der Waals surface area contributed by atoms with Gasteiger partial charge >= 0.3 is 0 Å². The molecule has 2 heteroatoms. The number of benzene rings is 1. The highest BCUT2D eigenvalue weighted by atomic mass is 79.9. The SMILES string of the molecule is C=C/C=C\C(C)C/C=C/c1ccc(N(/C=C/C)C(/C=C\C(C)Br)=C/CC)cc1. The molecule has 0 amide bonds. The number of halogens is 1. The summed E-state index contributed by atoms with van der Waals surface area (Å²) in [6, 6.07) is 8.70. The van der Waals surface area contributed by atoms with Crippen LogP contribution in [0.1, 0.15) is 46.1 Å². The minimum Gasteiger partial charge on any atom is -0.318 e. The van der Waals surface area contributed by atoms with Crippen LogP contribution in [-0.2, 0) is 0 Å². The van der Waals surface area contributed by atoms with E-state index >= 15 is 0 Å². The van der Waals surface area contributed by atoms with Crippen molar-refractivity contribution in [1.29, 1.82) is 0 Å². The topological polar surface area (TPSA) is 3.24 Å². The van der Waals surface area contributed by atoms with Crippen molar-refractivity contribution in [2.24, 2.45) is 5.92 Å². The quantitative estimate of drug-likeness (QED) is 0.246. The van der Waals surface area contributed by atoms with E-state index in [1.807, 2.05) is 19.1 Å². The second-order valence-corrected chi connectivity index (χ2v) is 8.20. The zero-order chi connectivity index (χ0) is 20.8. The number of hydrogen-bond acceptors (Lipinski definition) is 1. The standard InChI is InChI=1S/C26H34BrN/c1-6-9-12-22(4)13-10-14-24-16-19-26(20-17-24)28(21-8-3)25(11-7-2)18-15-23(5)27/h6,8-12,14-23H,1,7,13H2,2-5H3/b12-9-,14-10+,18-15-,21-8+,25-11+. The summed E-state index contributed by atoms with van der Waals surface area (Å²) in [6.45, 7) is 12.3. The zero-order valence-corrected chi connectivity index (χ0v) is 19.3. The van der Waals surface area contributed by atoms with Gasteiger partial charge in [0.15, 0.2) is 0 Å². The first-order valence-corrected chi connectivity index (χ1v) is 10.9. The Morgan fingerprint density at radius 3 is 2.46 bits per heavy atom. The molecule has 0 spiro atoms. The Hall–Kier alpha value is -2.06. The molecular weight excluding hydrogens is 406 g/mol. The molecule has 2 atom stereocenters. The van der Waals surface area contributed by atoms with Gasteiger partial charge in [-0.1, -0.05) is 97.1 Å². The van der Waals surface area contributed by atoms with Gasteiger partial charge in [0.25, 0.3) is 0 Å². The first-order valence-electron chi connectivity index (χ1n) is 10.0. The molecule has 1 nitrogen and oxygen atoms in total. The van der Waals surface area contributed by atoms with Crippen molar-refractivity contribution in [2.45, 2.75) is 45.4 Å². The fraction of sp³-hybridized carbons (Fsp3) is 0.308. The van der Waals surface area contributed by atoms with Crippen molar-refractivity contribution in [2.75, 3.05) is 4.90 Å². The Labute approximate surface area is 180 Å². The molecule has 1 rings (SSSR count). The maximum Gasteiger partial charge on any atom is 0.0455 e. The summed E-state index contributed by atoms with van der Waals surface area (Å²) in [7, 11) is 0. The van der Waals surface area contributed by atoms with Crippen LogP contribution in [0.15, 0.2) is 91.3 Å². The van der Waals surface area contributed by atoms with Gasteiger partial charge in [-0.05, 0) is 56.4 Å². The summed E-state index contributed by atoms with van der Waals surface area (Å²) in [6.07, 6.45) is 23.2. The summed E-state index contributed by atoms with van der Waals surface area (Å²) >= 11 is 3.59. The van der Waals surface area contributed by atoms with Gasteiger partial charge in [-0.2, -0.15) is 0 Å². The summed E-state index contributed by atoms with van der Waals surface area (Å²) in [4.78, 5) is 2.57. The molecule has 0 bridgehead atoms. The molecule has 2 unspecified atom stereocenters. The van der Waals surface area contributed by atoms with Crippen molar-refractivity contribution in [3.63, 3.8) is 0 Å². The van der Waals surface area contributed by atoms with Crippen LogP contribution in [0.25, 0.3) is 6.08 Å². The predicted octanol–water partition coefficient (Wildman–Crippen LogP) is 8.44. The van der Waals surface area contributed by atoms with E-state index in [0.717, 1.165) is 18.5 Å². The smallest absolute Gasteiger partial charge is 0.0455 e. The van der Waals surface area contributed by atoms with E-state index in [1.54, 1.807) is 0 Å². The molecule has 0 N–H and O–H groups in total. The highest BCUT2D eigenvalue weighted by Gasteiger charge is 2.07. The maximum absolute atomic E-state index is 3.72. The van der Waals surface area contributed by atoms with E-state index in [0.29, 0.717) is 10.7 Å². The third-order valence-corrected chi connectivity index (χ3v) is 4.39. The third-order valence-electron chi connectivity index (χ3n) is 4.09. The molecule has 0 aromatic heterocycles. The lowest BCUT2D eigenvalue weighted by Crippen LogP contribution is -2.14. The van der Waals surface area contributed by atoms with E-state index in [-0.39, 0.29) is 0 Å². The molecule has 28 heavy (non-hydrogen) atoms. The van der Waals surface area contributed by atoms with Gasteiger partial charge in [0.2, 0.25) is 0 Å². The minimum atomic E-state index is 0.344. The van der Waals surface area contributed by atoms with Crippen LogP contribution >= 0.6 is 15.9 Å². The number of nitrogens with zero attached hydrogens (tertiary/aromatic N) is 1. The van der Waals surface area contributed by atoms with Crippen molar-refractivity contribution < 1.29 is 0 Å². The van der Waals surface area contributed by atoms with E-state index in [4.69, 9.17) is 0 Å². The van der Waals surface area contributed by atoms with Crippen LogP contribution in [0.2, 0.25) is 0 Å². The van der Waals surface area contributed by atoms with Crippen LogP contribution in [0.4, 0.5) is 5.69 Å². The number of anilines is 1. The van der Waals surface area contributed by atoms with Crippen LogP contribution in [0, 0.1) is 5.92 Å². The highest BCUT2D eigenvalue weighted by molar-refractivity contribution is 9.09. The van der Waals surface area contributed by atoms with Crippen LogP contribution in [0.5, 0.6) is 0 Å². The van der Waals surface area contributed by atoms with Crippen molar-refractivity contribution in [3.8, 4) is 0 Å². The Morgan fingerprint density at radius 2 is 1.89 bits per heavy atom. The lowest BCUT2D eigenvalue weighted by Gasteiger charge is -2.22. The third kappa shape index (κ3) is 9.23. The molecule has 0 radical (unpaired) electrons. The zero-order valence-electron chi connectivity index (χ0n) is 17.7. The normalized spacial score (nSPS) is 15.1. The van der Waals surface area contributed by atoms with Gasteiger partial charge < -0.3 is 4.90 Å². The second kappa shape index (κ2) is 14.0. The van der Waals surface area contributed by atoms with E-state index in [2.05, 4.69) is 121 Å². The van der Waals surface area contributed by atoms with Gasteiger partial charge in [-0.3, -0.25) is 0 Å². The average molecular weight is 440 g/mol. The molecule has 0 saturated carbocycles. The molecule has 1 aromatic rings. The molecule has 1 aromatic carbocycles. The second-order valence-electron chi connectivity index (χ2n) is 6.75. The van der Waals surface area contributed by atoms with Gasteiger partial charge in [-0.15, -0.1) is 0 Å². The monoisotopic (exact) mass is 439 g/mol. The number of allylic oxidation sites excluding steroid dienone is 8. The maximum atomic E-state index is 3.72. The van der Waals surface area contributed by atoms with Crippen LogP contribution in [-0.4, -0.2) is 4.83 Å². The van der Waals surface area contributed by atoms with Crippen LogP contribution in [0.3, 0.4) is 0 Å². The van der Waals surface area contributed by atoms with Crippen molar-refractivity contribution in [1.82, 2.24) is 0 Å². The molecule has 0 fully saturated rings. The Kier molecular flexibility index (Phi) is 12.0. The van der Waals surface area contributed by atoms with Gasteiger partial charge in [0.05, 0.1) is 0 Å². The predicted molar refractivity (Wildman–Crippen MR) is 132 cm³/mol. The van der Waals surface area contributed by atoms with Gasteiger partial charge in [-0.25, -0.2) is 0 Å². The Morgan fingerprint density at radius 1 is 1.18 bits per heavy atom. The molecular formula is C26H34BrN. The average Bonchev–Trinajstić information content (AvgIpc) is 2.68. The fourth-order valence-corrected chi connectivity index (χ4v) is 2.82. The first-order chi connectivity index (χ1) is 13.5. The van der Waals surface area contributed by atoms with Gasteiger partial charge in [0, 0.05) is 22.4 Å². The molecule has 0 aliphatic rings. The van der Waals surface area contributed by atoms with E-state index in [1.165, 1.54) is 11.3 Å². The summed E-state index contributed by atoms with van der Waals surface area (Å²) in [5.74, 6) is 0.518. The molecule has 0 aliphatic heterocycles. The summed E-state index contributed by atoms with van der Waals surface area (Å²) in [5, 5.41) is 0. The van der Waals surface area contributed by atoms with E-state index in [9.17, 15) is 0 Å². The lowest BCUT2D eigenvalue weighted by molar-refractivity contribution is 0.746. The molecule has 150 valence electrons. The Bertz CT molecular complexity index is 717. The fourth-order valence-electron chi connectivity index (χ4n) is 2.67. The molecule has 0 heterocycles. The number of hydrogen-bond donors (Lipinski definition) is 0. The van der Waals surface area contributed by atoms with Crippen molar-refractivity contribution in [3.05, 3.63) is 96.9 Å². The minimum absolute atomic E-state index is 0.344. The van der Waals surface area contributed by atoms with Crippen molar-refractivity contribution >= 4 is 27.7 Å². The lowest BCUT2D eigenvalue weighted by atomic mass is 10.1. The van der Waals surface area contributed by atoms with Gasteiger partial charge in [0.1, 0.15) is 0 Å². The first kappa shape index (κ1) is 24.0. The highest BCUT2D eigenvalue weighted by Crippen LogP contribution is 2.23. The molecule has 0 saturated heterocycles. The summed E-state index contributed by atoms with van der Waals surface area (Å²) < 4.78 is 0. The molecule has 0 aliphatic carbocycles. The largest absolute Gasteiger partial charge is 0.318 e. The number of rotatable bonds is 11. The Balaban J connectivity index is 2.96. The summed E-state index contributed by atoms with van der Waals surface area (Å²) in [5.41, 5.74) is 3.55. The van der Waals surface area contributed by atoms with E-state index < -0.39 is 0 Å². The number of alkyl halides is 1.